The van der Waals surface area contributed by atoms with Crippen LogP contribution in [0.3, 0.4) is 0 Å². The van der Waals surface area contributed by atoms with Crippen LogP contribution in [0.25, 0.3) is 0 Å². The van der Waals surface area contributed by atoms with Gasteiger partial charge in [0.15, 0.2) is 0 Å². The predicted octanol–water partition coefficient (Wildman–Crippen LogP) is 1.91. The van der Waals surface area contributed by atoms with Gasteiger partial charge in [-0.25, -0.2) is 4.98 Å². The molecule has 1 heterocycles. The van der Waals surface area contributed by atoms with Crippen LogP contribution in [0.4, 0.5) is 5.69 Å². The zero-order valence-electron chi connectivity index (χ0n) is 8.96. The van der Waals surface area contributed by atoms with Crippen molar-refractivity contribution < 1.29 is 4.79 Å². The fraction of sp³-hybridized carbons (Fsp3) is 0. The van der Waals surface area contributed by atoms with Crippen LogP contribution < -0.4 is 11.5 Å². The molecule has 0 radical (unpaired) electrons. The van der Waals surface area contributed by atoms with Gasteiger partial charge < -0.3 is 11.5 Å². The molecule has 0 spiro atoms. The van der Waals surface area contributed by atoms with E-state index in [2.05, 4.69) is 4.98 Å². The van der Waals surface area contributed by atoms with E-state index >= 15 is 0 Å². The Kier molecular flexibility index (Phi) is 3.30. The van der Waals surface area contributed by atoms with Crippen molar-refractivity contribution in [1.82, 2.24) is 4.98 Å². The molecule has 1 aromatic heterocycles. The largest absolute Gasteiger partial charge is 0.397 e. The monoisotopic (exact) mass is 245 g/mol. The molecule has 5 heteroatoms. The summed E-state index contributed by atoms with van der Waals surface area (Å²) in [5, 5.41) is 0.590. The van der Waals surface area contributed by atoms with E-state index in [1.165, 1.54) is 17.8 Å². The molecule has 17 heavy (non-hydrogen) atoms. The lowest BCUT2D eigenvalue weighted by atomic mass is 10.3. The molecular formula is C12H11N3OS. The van der Waals surface area contributed by atoms with Crippen LogP contribution in [-0.4, -0.2) is 10.9 Å². The Morgan fingerprint density at radius 3 is 2.47 bits per heavy atom. The normalized spacial score (nSPS) is 10.1. The third-order valence-electron chi connectivity index (χ3n) is 2.10. The molecule has 0 atom stereocenters. The average Bonchev–Trinajstić information content (AvgIpc) is 2.33. The van der Waals surface area contributed by atoms with E-state index in [0.717, 1.165) is 4.90 Å². The number of carbonyl (C=O) groups excluding carboxylic acids is 1. The summed E-state index contributed by atoms with van der Waals surface area (Å²) < 4.78 is 0. The van der Waals surface area contributed by atoms with Crippen molar-refractivity contribution in [2.75, 3.05) is 5.73 Å². The molecule has 4 N–H and O–H groups in total. The molecule has 4 nitrogen and oxygen atoms in total. The average molecular weight is 245 g/mol. The molecule has 0 aliphatic heterocycles. The number of anilines is 1. The summed E-state index contributed by atoms with van der Waals surface area (Å²) in [6.07, 6.45) is 0. The molecule has 0 aliphatic rings. The number of pyridine rings is 1. The van der Waals surface area contributed by atoms with E-state index in [-0.39, 0.29) is 5.69 Å². The zero-order chi connectivity index (χ0) is 12.3. The van der Waals surface area contributed by atoms with E-state index in [0.29, 0.717) is 10.7 Å². The SMILES string of the molecule is NC(=O)c1ccc(N)c(Sc2ccccc2)n1. The number of nitrogens with two attached hydrogens (primary N) is 2. The Morgan fingerprint density at radius 2 is 1.82 bits per heavy atom. The van der Waals surface area contributed by atoms with Gasteiger partial charge in [0.05, 0.1) is 5.69 Å². The number of nitrogen functional groups attached to an aromatic ring is 1. The van der Waals surface area contributed by atoms with Gasteiger partial charge in [-0.2, -0.15) is 0 Å². The van der Waals surface area contributed by atoms with Crippen molar-refractivity contribution >= 4 is 23.4 Å². The standard InChI is InChI=1S/C12H11N3OS/c13-9-6-7-10(11(14)16)15-12(9)17-8-4-2-1-3-5-8/h1-7H,13H2,(H2,14,16). The molecule has 1 amide bonds. The quantitative estimate of drug-likeness (QED) is 0.865. The van der Waals surface area contributed by atoms with Crippen molar-refractivity contribution in [3.63, 3.8) is 0 Å². The van der Waals surface area contributed by atoms with E-state index in [9.17, 15) is 4.79 Å². The van der Waals surface area contributed by atoms with Gasteiger partial charge in [-0.1, -0.05) is 30.0 Å². The number of aromatic nitrogens is 1. The van der Waals surface area contributed by atoms with Gasteiger partial charge >= 0.3 is 0 Å². The first kappa shape index (κ1) is 11.5. The Morgan fingerprint density at radius 1 is 1.12 bits per heavy atom. The zero-order valence-corrected chi connectivity index (χ0v) is 9.78. The van der Waals surface area contributed by atoms with Crippen LogP contribution in [-0.2, 0) is 0 Å². The van der Waals surface area contributed by atoms with E-state index in [4.69, 9.17) is 11.5 Å². The van der Waals surface area contributed by atoms with E-state index in [1.807, 2.05) is 30.3 Å². The Hall–Kier alpha value is -2.01. The van der Waals surface area contributed by atoms with Gasteiger partial charge in [0.1, 0.15) is 10.7 Å². The molecule has 2 rings (SSSR count). The van der Waals surface area contributed by atoms with Crippen LogP contribution in [0.15, 0.2) is 52.4 Å². The Balaban J connectivity index is 2.32. The number of hydrogen-bond donors (Lipinski definition) is 2. The Labute approximate surface area is 103 Å². The van der Waals surface area contributed by atoms with Gasteiger partial charge in [-0.05, 0) is 24.3 Å². The molecular weight excluding hydrogens is 234 g/mol. The molecule has 0 aliphatic carbocycles. The molecule has 0 bridgehead atoms. The van der Waals surface area contributed by atoms with E-state index < -0.39 is 5.91 Å². The van der Waals surface area contributed by atoms with Crippen molar-refractivity contribution in [3.05, 3.63) is 48.2 Å². The van der Waals surface area contributed by atoms with Gasteiger partial charge in [0.2, 0.25) is 0 Å². The summed E-state index contributed by atoms with van der Waals surface area (Å²) in [5.41, 5.74) is 11.7. The highest BCUT2D eigenvalue weighted by molar-refractivity contribution is 7.99. The lowest BCUT2D eigenvalue weighted by Gasteiger charge is -2.05. The highest BCUT2D eigenvalue weighted by Crippen LogP contribution is 2.30. The van der Waals surface area contributed by atoms with Gasteiger partial charge in [0, 0.05) is 4.90 Å². The maximum atomic E-state index is 11.0. The van der Waals surface area contributed by atoms with Crippen LogP contribution in [0, 0.1) is 0 Å². The van der Waals surface area contributed by atoms with Crippen LogP contribution in [0.2, 0.25) is 0 Å². The number of carbonyl (C=O) groups is 1. The molecule has 0 saturated carbocycles. The highest BCUT2D eigenvalue weighted by atomic mass is 32.2. The van der Waals surface area contributed by atoms with Gasteiger partial charge in [-0.3, -0.25) is 4.79 Å². The second-order valence-corrected chi connectivity index (χ2v) is 4.43. The fourth-order valence-corrected chi connectivity index (χ4v) is 2.12. The Bertz CT molecular complexity index is 543. The fourth-order valence-electron chi connectivity index (χ4n) is 1.27. The second kappa shape index (κ2) is 4.88. The summed E-state index contributed by atoms with van der Waals surface area (Å²) in [6.45, 7) is 0. The first-order chi connectivity index (χ1) is 8.16. The summed E-state index contributed by atoms with van der Waals surface area (Å²) in [5.74, 6) is -0.556. The molecule has 1 aromatic carbocycles. The maximum absolute atomic E-state index is 11.0. The first-order valence-electron chi connectivity index (χ1n) is 4.96. The lowest BCUT2D eigenvalue weighted by molar-refractivity contribution is 0.0995. The molecule has 0 fully saturated rings. The van der Waals surface area contributed by atoms with Crippen LogP contribution in [0.1, 0.15) is 10.5 Å². The topological polar surface area (TPSA) is 82.0 Å². The molecule has 2 aromatic rings. The van der Waals surface area contributed by atoms with E-state index in [1.54, 1.807) is 6.07 Å². The smallest absolute Gasteiger partial charge is 0.267 e. The number of primary amides is 1. The highest BCUT2D eigenvalue weighted by Gasteiger charge is 2.08. The third-order valence-corrected chi connectivity index (χ3v) is 3.13. The second-order valence-electron chi connectivity index (χ2n) is 3.37. The summed E-state index contributed by atoms with van der Waals surface area (Å²) in [4.78, 5) is 16.2. The lowest BCUT2D eigenvalue weighted by Crippen LogP contribution is -2.13. The summed E-state index contributed by atoms with van der Waals surface area (Å²) in [7, 11) is 0. The van der Waals surface area contributed by atoms with Crippen LogP contribution >= 0.6 is 11.8 Å². The minimum Gasteiger partial charge on any atom is -0.397 e. The number of benzene rings is 1. The maximum Gasteiger partial charge on any atom is 0.267 e. The minimum absolute atomic E-state index is 0.220. The minimum atomic E-state index is -0.556. The summed E-state index contributed by atoms with van der Waals surface area (Å²) >= 11 is 1.40. The van der Waals surface area contributed by atoms with Crippen molar-refractivity contribution in [3.8, 4) is 0 Å². The molecule has 0 unspecified atom stereocenters. The predicted molar refractivity (Wildman–Crippen MR) is 67.7 cm³/mol. The molecule has 0 saturated heterocycles. The van der Waals surface area contributed by atoms with Crippen molar-refractivity contribution in [2.24, 2.45) is 5.73 Å². The van der Waals surface area contributed by atoms with Crippen molar-refractivity contribution in [1.29, 1.82) is 0 Å². The number of hydrogen-bond acceptors (Lipinski definition) is 4. The number of amides is 1. The summed E-state index contributed by atoms with van der Waals surface area (Å²) in [6, 6.07) is 12.8. The number of nitrogens with zero attached hydrogens (tertiary/aromatic N) is 1. The molecule has 86 valence electrons. The van der Waals surface area contributed by atoms with Crippen molar-refractivity contribution in [2.45, 2.75) is 9.92 Å². The van der Waals surface area contributed by atoms with Gasteiger partial charge in [0.25, 0.3) is 5.91 Å². The van der Waals surface area contributed by atoms with Gasteiger partial charge in [-0.15, -0.1) is 0 Å². The van der Waals surface area contributed by atoms with Crippen LogP contribution in [0.5, 0.6) is 0 Å². The third kappa shape index (κ3) is 2.76. The number of rotatable bonds is 3. The first-order valence-corrected chi connectivity index (χ1v) is 5.77.